The van der Waals surface area contributed by atoms with Gasteiger partial charge in [-0.15, -0.1) is 0 Å². The van der Waals surface area contributed by atoms with Gasteiger partial charge in [-0.2, -0.15) is 0 Å². The molecule has 0 saturated carbocycles. The molecule has 2 aromatic carbocycles. The summed E-state index contributed by atoms with van der Waals surface area (Å²) in [5, 5.41) is 23.5. The van der Waals surface area contributed by atoms with E-state index in [0.717, 1.165) is 0 Å². The van der Waals surface area contributed by atoms with E-state index < -0.39 is 10.0 Å². The lowest BCUT2D eigenvalue weighted by Gasteiger charge is -1.99. The van der Waals surface area contributed by atoms with Crippen molar-refractivity contribution in [1.29, 1.82) is 0 Å². The van der Waals surface area contributed by atoms with Crippen molar-refractivity contribution in [1.82, 2.24) is 0 Å². The second-order valence-corrected chi connectivity index (χ2v) is 5.61. The van der Waals surface area contributed by atoms with Gasteiger partial charge in [0.15, 0.2) is 11.5 Å². The molecule has 0 aliphatic carbocycles. The molecule has 6 nitrogen and oxygen atoms in total. The highest BCUT2D eigenvalue weighted by Crippen LogP contribution is 2.24. The summed E-state index contributed by atoms with van der Waals surface area (Å²) >= 11 is 0. The number of aromatic hydroxyl groups is 2. The number of phenolic OH excluding ortho intramolecular Hbond substituents is 2. The van der Waals surface area contributed by atoms with Gasteiger partial charge in [0.05, 0.1) is 10.6 Å². The minimum atomic E-state index is -3.71. The van der Waals surface area contributed by atoms with E-state index in [4.69, 9.17) is 5.14 Å². The van der Waals surface area contributed by atoms with E-state index in [-0.39, 0.29) is 16.4 Å². The first kappa shape index (κ1) is 14.0. The predicted octanol–water partition coefficient (Wildman–Crippen LogP) is 1.50. The Morgan fingerprint density at radius 1 is 1.00 bits per heavy atom. The van der Waals surface area contributed by atoms with E-state index >= 15 is 0 Å². The Morgan fingerprint density at radius 3 is 2.20 bits per heavy atom. The molecule has 4 N–H and O–H groups in total. The van der Waals surface area contributed by atoms with Gasteiger partial charge in [0.25, 0.3) is 0 Å². The highest BCUT2D eigenvalue weighted by Gasteiger charge is 2.06. The largest absolute Gasteiger partial charge is 0.504 e. The molecule has 0 atom stereocenters. The minimum Gasteiger partial charge on any atom is -0.504 e. The average Bonchev–Trinajstić information content (AvgIpc) is 2.40. The fourth-order valence-corrected chi connectivity index (χ4v) is 2.01. The third-order valence-electron chi connectivity index (χ3n) is 2.53. The number of phenols is 2. The van der Waals surface area contributed by atoms with Crippen molar-refractivity contribution in [3.05, 3.63) is 48.0 Å². The summed E-state index contributed by atoms with van der Waals surface area (Å²) in [6.07, 6.45) is 1.48. The molecule has 104 valence electrons. The van der Waals surface area contributed by atoms with Crippen LogP contribution in [-0.2, 0) is 10.0 Å². The molecule has 0 saturated heterocycles. The smallest absolute Gasteiger partial charge is 0.238 e. The molecule has 0 amide bonds. The molecule has 20 heavy (non-hydrogen) atoms. The van der Waals surface area contributed by atoms with E-state index in [9.17, 15) is 18.6 Å². The standard InChI is InChI=1S/C13H12N2O4S/c14-20(18,19)11-4-2-10(3-5-11)15-8-9-1-6-12(16)13(17)7-9/h1-8,16-17H,(H2,14,18,19). The summed E-state index contributed by atoms with van der Waals surface area (Å²) < 4.78 is 22.2. The number of nitrogens with zero attached hydrogens (tertiary/aromatic N) is 1. The highest BCUT2D eigenvalue weighted by molar-refractivity contribution is 7.89. The van der Waals surface area contributed by atoms with Crippen molar-refractivity contribution < 1.29 is 18.6 Å². The number of sulfonamides is 1. The lowest BCUT2D eigenvalue weighted by Crippen LogP contribution is -2.11. The molecule has 7 heteroatoms. The van der Waals surface area contributed by atoms with Crippen molar-refractivity contribution in [3.8, 4) is 11.5 Å². The van der Waals surface area contributed by atoms with Crippen molar-refractivity contribution >= 4 is 21.9 Å². The number of primary sulfonamides is 1. The average molecular weight is 292 g/mol. The van der Waals surface area contributed by atoms with Gasteiger partial charge in [-0.1, -0.05) is 0 Å². The zero-order chi connectivity index (χ0) is 14.8. The van der Waals surface area contributed by atoms with Crippen LogP contribution in [0.3, 0.4) is 0 Å². The van der Waals surface area contributed by atoms with E-state index in [1.54, 1.807) is 6.07 Å². The molecular formula is C13H12N2O4S. The van der Waals surface area contributed by atoms with Crippen LogP contribution in [0, 0.1) is 0 Å². The summed E-state index contributed by atoms with van der Waals surface area (Å²) in [4.78, 5) is 4.13. The molecule has 2 aromatic rings. The Bertz CT molecular complexity index is 752. The van der Waals surface area contributed by atoms with Gasteiger partial charge in [0.2, 0.25) is 10.0 Å². The molecule has 0 spiro atoms. The van der Waals surface area contributed by atoms with Crippen LogP contribution in [0.5, 0.6) is 11.5 Å². The Morgan fingerprint density at radius 2 is 1.65 bits per heavy atom. The summed E-state index contributed by atoms with van der Waals surface area (Å²) in [6, 6.07) is 10.0. The van der Waals surface area contributed by atoms with Gasteiger partial charge < -0.3 is 10.2 Å². The Hall–Kier alpha value is -2.38. The maximum atomic E-state index is 11.1. The zero-order valence-electron chi connectivity index (χ0n) is 10.3. The molecule has 0 bridgehead atoms. The van der Waals surface area contributed by atoms with Crippen LogP contribution in [-0.4, -0.2) is 24.8 Å². The number of nitrogens with two attached hydrogens (primary N) is 1. The van der Waals surface area contributed by atoms with Crippen molar-refractivity contribution in [3.63, 3.8) is 0 Å². The summed E-state index contributed by atoms with van der Waals surface area (Å²) in [6.45, 7) is 0. The number of aliphatic imine (C=N–C) groups is 1. The molecule has 2 rings (SSSR count). The molecule has 0 heterocycles. The van der Waals surface area contributed by atoms with Crippen LogP contribution in [0.1, 0.15) is 5.56 Å². The topological polar surface area (TPSA) is 113 Å². The Balaban J connectivity index is 2.21. The molecular weight excluding hydrogens is 280 g/mol. The van der Waals surface area contributed by atoms with E-state index in [0.29, 0.717) is 11.3 Å². The zero-order valence-corrected chi connectivity index (χ0v) is 11.1. The first-order valence-corrected chi connectivity index (χ1v) is 7.10. The third-order valence-corrected chi connectivity index (χ3v) is 3.46. The molecule has 0 radical (unpaired) electrons. The van der Waals surface area contributed by atoms with E-state index in [2.05, 4.69) is 4.99 Å². The number of rotatable bonds is 3. The number of hydrogen-bond donors (Lipinski definition) is 3. The first-order valence-electron chi connectivity index (χ1n) is 5.55. The normalized spacial score (nSPS) is 11.8. The minimum absolute atomic E-state index is 0.0127. The predicted molar refractivity (Wildman–Crippen MR) is 74.8 cm³/mol. The van der Waals surface area contributed by atoms with Crippen LogP contribution >= 0.6 is 0 Å². The van der Waals surface area contributed by atoms with Crippen molar-refractivity contribution in [2.45, 2.75) is 4.90 Å². The van der Waals surface area contributed by atoms with Crippen LogP contribution in [0.25, 0.3) is 0 Å². The van der Waals surface area contributed by atoms with Crippen LogP contribution in [0.4, 0.5) is 5.69 Å². The highest BCUT2D eigenvalue weighted by atomic mass is 32.2. The molecule has 0 unspecified atom stereocenters. The molecule has 0 aliphatic rings. The van der Waals surface area contributed by atoms with Crippen molar-refractivity contribution in [2.24, 2.45) is 10.1 Å². The summed E-state index contributed by atoms with van der Waals surface area (Å²) in [7, 11) is -3.71. The summed E-state index contributed by atoms with van der Waals surface area (Å²) in [5.74, 6) is -0.446. The SMILES string of the molecule is NS(=O)(=O)c1ccc(N=Cc2ccc(O)c(O)c2)cc1. The second-order valence-electron chi connectivity index (χ2n) is 4.05. The van der Waals surface area contributed by atoms with Crippen LogP contribution < -0.4 is 5.14 Å². The number of benzene rings is 2. The van der Waals surface area contributed by atoms with Crippen molar-refractivity contribution in [2.75, 3.05) is 0 Å². The Labute approximate surface area is 115 Å². The molecule has 0 aromatic heterocycles. The first-order chi connectivity index (χ1) is 9.36. The lowest BCUT2D eigenvalue weighted by molar-refractivity contribution is 0.403. The van der Waals surface area contributed by atoms with Gasteiger partial charge in [0, 0.05) is 6.21 Å². The third kappa shape index (κ3) is 3.34. The quantitative estimate of drug-likeness (QED) is 0.587. The second kappa shape index (κ2) is 5.32. The van der Waals surface area contributed by atoms with Gasteiger partial charge >= 0.3 is 0 Å². The Kier molecular flexibility index (Phi) is 3.73. The summed E-state index contributed by atoms with van der Waals surface area (Å²) in [5.41, 5.74) is 1.13. The fourth-order valence-electron chi connectivity index (χ4n) is 1.49. The van der Waals surface area contributed by atoms with Gasteiger partial charge in [0.1, 0.15) is 0 Å². The fraction of sp³-hybridized carbons (Fsp3) is 0. The maximum Gasteiger partial charge on any atom is 0.238 e. The number of hydrogen-bond acceptors (Lipinski definition) is 5. The van der Waals surface area contributed by atoms with E-state index in [1.165, 1.54) is 42.6 Å². The van der Waals surface area contributed by atoms with Gasteiger partial charge in [-0.3, -0.25) is 4.99 Å². The van der Waals surface area contributed by atoms with Crippen LogP contribution in [0.15, 0.2) is 52.4 Å². The van der Waals surface area contributed by atoms with Gasteiger partial charge in [-0.05, 0) is 48.0 Å². The maximum absolute atomic E-state index is 11.1. The monoisotopic (exact) mass is 292 g/mol. The van der Waals surface area contributed by atoms with Crippen LogP contribution in [0.2, 0.25) is 0 Å². The van der Waals surface area contributed by atoms with Gasteiger partial charge in [-0.25, -0.2) is 13.6 Å². The molecule has 0 aliphatic heterocycles. The molecule has 0 fully saturated rings. The van der Waals surface area contributed by atoms with E-state index in [1.807, 2.05) is 0 Å². The lowest BCUT2D eigenvalue weighted by atomic mass is 10.2.